The first-order chi connectivity index (χ1) is 6.65. The molecule has 0 fully saturated rings. The lowest BCUT2D eigenvalue weighted by molar-refractivity contribution is 0.133. The van der Waals surface area contributed by atoms with E-state index < -0.39 is 0 Å². The predicted molar refractivity (Wildman–Crippen MR) is 62.3 cm³/mol. The van der Waals surface area contributed by atoms with Gasteiger partial charge in [-0.05, 0) is 31.0 Å². The minimum Gasteiger partial charge on any atom is -0.380 e. The Morgan fingerprint density at radius 2 is 2.21 bits per heavy atom. The fourth-order valence-corrected chi connectivity index (χ4v) is 1.58. The molecular weight excluding hydrogens is 242 g/mol. The van der Waals surface area contributed by atoms with Crippen LogP contribution in [-0.4, -0.2) is 13.2 Å². The summed E-state index contributed by atoms with van der Waals surface area (Å²) in [4.78, 5) is 0. The van der Waals surface area contributed by atoms with E-state index in [1.807, 2.05) is 13.0 Å². The van der Waals surface area contributed by atoms with Crippen LogP contribution in [0.5, 0.6) is 0 Å². The van der Waals surface area contributed by atoms with Crippen molar-refractivity contribution in [2.75, 3.05) is 13.2 Å². The van der Waals surface area contributed by atoms with Gasteiger partial charge in [0.15, 0.2) is 0 Å². The van der Waals surface area contributed by atoms with E-state index >= 15 is 0 Å². The second-order valence-electron chi connectivity index (χ2n) is 3.27. The van der Waals surface area contributed by atoms with Gasteiger partial charge < -0.3 is 10.5 Å². The van der Waals surface area contributed by atoms with E-state index in [9.17, 15) is 0 Å². The van der Waals surface area contributed by atoms with Gasteiger partial charge in [0.05, 0.1) is 12.6 Å². The molecule has 0 aromatic heterocycles. The Labute approximate surface area is 93.6 Å². The first-order valence-electron chi connectivity index (χ1n) is 4.74. The molecule has 1 rings (SSSR count). The third kappa shape index (κ3) is 3.08. The summed E-state index contributed by atoms with van der Waals surface area (Å²) in [6, 6.07) is 6.13. The molecule has 2 nitrogen and oxygen atoms in total. The van der Waals surface area contributed by atoms with Crippen molar-refractivity contribution in [2.24, 2.45) is 5.73 Å². The number of nitrogens with two attached hydrogens (primary N) is 1. The molecular formula is C11H16BrNO. The van der Waals surface area contributed by atoms with Crippen molar-refractivity contribution in [3.63, 3.8) is 0 Å². The highest BCUT2D eigenvalue weighted by Gasteiger charge is 2.06. The Bertz CT molecular complexity index is 301. The Morgan fingerprint density at radius 3 is 2.79 bits per heavy atom. The Balaban J connectivity index is 2.70. The van der Waals surface area contributed by atoms with E-state index in [0.29, 0.717) is 13.2 Å². The molecule has 0 amide bonds. The molecule has 2 N–H and O–H groups in total. The van der Waals surface area contributed by atoms with Crippen molar-refractivity contribution in [2.45, 2.75) is 19.9 Å². The van der Waals surface area contributed by atoms with E-state index in [1.165, 1.54) is 5.56 Å². The number of benzene rings is 1. The van der Waals surface area contributed by atoms with Gasteiger partial charge in [-0.25, -0.2) is 0 Å². The van der Waals surface area contributed by atoms with Crippen LogP contribution in [0, 0.1) is 6.92 Å². The molecule has 0 spiro atoms. The molecule has 3 heteroatoms. The minimum atomic E-state index is -0.0353. The number of halogens is 1. The van der Waals surface area contributed by atoms with Crippen molar-refractivity contribution in [3.05, 3.63) is 33.8 Å². The van der Waals surface area contributed by atoms with Crippen LogP contribution in [0.2, 0.25) is 0 Å². The van der Waals surface area contributed by atoms with E-state index in [2.05, 4.69) is 35.0 Å². The summed E-state index contributed by atoms with van der Waals surface area (Å²) in [5.41, 5.74) is 8.28. The van der Waals surface area contributed by atoms with Crippen LogP contribution in [0.1, 0.15) is 24.1 Å². The topological polar surface area (TPSA) is 35.2 Å². The lowest BCUT2D eigenvalue weighted by atomic mass is 10.1. The number of rotatable bonds is 4. The maximum absolute atomic E-state index is 5.95. The maximum Gasteiger partial charge on any atom is 0.0659 e. The van der Waals surface area contributed by atoms with Gasteiger partial charge in [0, 0.05) is 11.1 Å². The number of hydrogen-bond donors (Lipinski definition) is 1. The van der Waals surface area contributed by atoms with E-state index in [0.717, 1.165) is 10.0 Å². The average molecular weight is 258 g/mol. The highest BCUT2D eigenvalue weighted by atomic mass is 79.9. The van der Waals surface area contributed by atoms with Gasteiger partial charge in [0.1, 0.15) is 0 Å². The van der Waals surface area contributed by atoms with E-state index in [1.54, 1.807) is 0 Å². The third-order valence-electron chi connectivity index (χ3n) is 2.13. The summed E-state index contributed by atoms with van der Waals surface area (Å²) in [7, 11) is 0. The number of aryl methyl sites for hydroxylation is 1. The average Bonchev–Trinajstić information content (AvgIpc) is 2.18. The lowest BCUT2D eigenvalue weighted by Crippen LogP contribution is -2.17. The maximum atomic E-state index is 5.95. The molecule has 0 saturated carbocycles. The molecule has 1 unspecified atom stereocenters. The van der Waals surface area contributed by atoms with Crippen LogP contribution in [0.25, 0.3) is 0 Å². The quantitative estimate of drug-likeness (QED) is 0.901. The zero-order chi connectivity index (χ0) is 10.6. The van der Waals surface area contributed by atoms with Crippen LogP contribution in [0.15, 0.2) is 22.7 Å². The molecule has 0 bridgehead atoms. The minimum absolute atomic E-state index is 0.0353. The van der Waals surface area contributed by atoms with Crippen molar-refractivity contribution >= 4 is 15.9 Å². The molecule has 14 heavy (non-hydrogen) atoms. The zero-order valence-corrected chi connectivity index (χ0v) is 10.2. The molecule has 0 aliphatic carbocycles. The van der Waals surface area contributed by atoms with E-state index in [4.69, 9.17) is 10.5 Å². The van der Waals surface area contributed by atoms with Crippen molar-refractivity contribution < 1.29 is 4.74 Å². The van der Waals surface area contributed by atoms with Gasteiger partial charge in [-0.3, -0.25) is 0 Å². The second kappa shape index (κ2) is 5.49. The van der Waals surface area contributed by atoms with Gasteiger partial charge in [0.25, 0.3) is 0 Å². The van der Waals surface area contributed by atoms with Crippen LogP contribution < -0.4 is 5.73 Å². The van der Waals surface area contributed by atoms with Gasteiger partial charge in [-0.2, -0.15) is 0 Å². The largest absolute Gasteiger partial charge is 0.380 e. The summed E-state index contributed by atoms with van der Waals surface area (Å²) in [6.07, 6.45) is 0. The Kier molecular flexibility index (Phi) is 4.58. The molecule has 78 valence electrons. The molecule has 0 aliphatic rings. The van der Waals surface area contributed by atoms with Gasteiger partial charge >= 0.3 is 0 Å². The third-order valence-corrected chi connectivity index (χ3v) is 2.98. The number of hydrogen-bond acceptors (Lipinski definition) is 2. The summed E-state index contributed by atoms with van der Waals surface area (Å²) >= 11 is 3.49. The Morgan fingerprint density at radius 1 is 1.50 bits per heavy atom. The fourth-order valence-electron chi connectivity index (χ4n) is 1.18. The summed E-state index contributed by atoms with van der Waals surface area (Å²) in [5.74, 6) is 0. The zero-order valence-electron chi connectivity index (χ0n) is 8.59. The van der Waals surface area contributed by atoms with Gasteiger partial charge in [-0.15, -0.1) is 0 Å². The number of ether oxygens (including phenoxy) is 1. The first-order valence-corrected chi connectivity index (χ1v) is 5.53. The van der Waals surface area contributed by atoms with Crippen molar-refractivity contribution in [3.8, 4) is 0 Å². The highest BCUT2D eigenvalue weighted by molar-refractivity contribution is 9.10. The van der Waals surface area contributed by atoms with Crippen LogP contribution in [0.3, 0.4) is 0 Å². The smallest absolute Gasteiger partial charge is 0.0659 e. The monoisotopic (exact) mass is 257 g/mol. The highest BCUT2D eigenvalue weighted by Crippen LogP contribution is 2.20. The SMILES string of the molecule is CCOCC(N)c1ccc(C)c(Br)c1. The summed E-state index contributed by atoms with van der Waals surface area (Å²) < 4.78 is 6.38. The predicted octanol–water partition coefficient (Wildman–Crippen LogP) is 2.79. The standard InChI is InChI=1S/C11H16BrNO/c1-3-14-7-11(13)9-5-4-8(2)10(12)6-9/h4-6,11H,3,7,13H2,1-2H3. The van der Waals surface area contributed by atoms with Crippen LogP contribution in [0.4, 0.5) is 0 Å². The molecule has 0 radical (unpaired) electrons. The molecule has 1 atom stereocenters. The fraction of sp³-hybridized carbons (Fsp3) is 0.455. The van der Waals surface area contributed by atoms with Crippen LogP contribution >= 0.6 is 15.9 Å². The summed E-state index contributed by atoms with van der Waals surface area (Å²) in [5, 5.41) is 0. The molecule has 1 aromatic rings. The molecule has 0 heterocycles. The van der Waals surface area contributed by atoms with Crippen molar-refractivity contribution in [1.82, 2.24) is 0 Å². The first kappa shape index (κ1) is 11.7. The molecule has 0 saturated heterocycles. The molecule has 1 aromatic carbocycles. The lowest BCUT2D eigenvalue weighted by Gasteiger charge is -2.12. The summed E-state index contributed by atoms with van der Waals surface area (Å²) in [6.45, 7) is 5.31. The molecule has 0 aliphatic heterocycles. The second-order valence-corrected chi connectivity index (χ2v) is 4.13. The van der Waals surface area contributed by atoms with Crippen molar-refractivity contribution in [1.29, 1.82) is 0 Å². The van der Waals surface area contributed by atoms with Gasteiger partial charge in [0.2, 0.25) is 0 Å². The Hall–Kier alpha value is -0.380. The van der Waals surface area contributed by atoms with Crippen LogP contribution in [-0.2, 0) is 4.74 Å². The van der Waals surface area contributed by atoms with E-state index in [-0.39, 0.29) is 6.04 Å². The normalized spacial score (nSPS) is 12.9. The van der Waals surface area contributed by atoms with Gasteiger partial charge in [-0.1, -0.05) is 28.1 Å².